The normalized spacial score (nSPS) is 25.4. The van der Waals surface area contributed by atoms with Gasteiger partial charge >= 0.3 is 0 Å². The molecule has 104 valence electrons. The SMILES string of the molecule is CC1CN(C)C(=O)C(CN)N(Cc2ccccn2)C1. The Hall–Kier alpha value is -1.46. The maximum atomic E-state index is 12.3. The third kappa shape index (κ3) is 3.30. The summed E-state index contributed by atoms with van der Waals surface area (Å²) in [6.07, 6.45) is 1.78. The number of hydrogen-bond donors (Lipinski definition) is 1. The van der Waals surface area contributed by atoms with Gasteiger partial charge in [0.2, 0.25) is 5.91 Å². The number of amides is 1. The molecule has 1 aromatic rings. The van der Waals surface area contributed by atoms with Crippen LogP contribution in [0.25, 0.3) is 0 Å². The number of nitrogens with two attached hydrogens (primary N) is 1. The molecular weight excluding hydrogens is 240 g/mol. The van der Waals surface area contributed by atoms with Gasteiger partial charge in [0.1, 0.15) is 6.04 Å². The van der Waals surface area contributed by atoms with Crippen LogP contribution < -0.4 is 5.73 Å². The number of hydrogen-bond acceptors (Lipinski definition) is 4. The van der Waals surface area contributed by atoms with Crippen LogP contribution in [-0.4, -0.2) is 53.4 Å². The van der Waals surface area contributed by atoms with Crippen molar-refractivity contribution in [3.63, 3.8) is 0 Å². The molecule has 1 aliphatic rings. The van der Waals surface area contributed by atoms with Crippen molar-refractivity contribution in [2.75, 3.05) is 26.7 Å². The van der Waals surface area contributed by atoms with Crippen molar-refractivity contribution in [2.24, 2.45) is 11.7 Å². The molecule has 1 aromatic heterocycles. The summed E-state index contributed by atoms with van der Waals surface area (Å²) >= 11 is 0. The molecule has 19 heavy (non-hydrogen) atoms. The molecule has 1 fully saturated rings. The van der Waals surface area contributed by atoms with Crippen LogP contribution in [0.5, 0.6) is 0 Å². The van der Waals surface area contributed by atoms with Crippen LogP contribution in [-0.2, 0) is 11.3 Å². The fraction of sp³-hybridized carbons (Fsp3) is 0.571. The zero-order chi connectivity index (χ0) is 13.8. The second kappa shape index (κ2) is 6.12. The summed E-state index contributed by atoms with van der Waals surface area (Å²) in [6.45, 7) is 4.84. The van der Waals surface area contributed by atoms with Gasteiger partial charge in [-0.25, -0.2) is 0 Å². The lowest BCUT2D eigenvalue weighted by atomic mass is 10.1. The molecule has 2 rings (SSSR count). The van der Waals surface area contributed by atoms with Crippen LogP contribution in [0.3, 0.4) is 0 Å². The quantitative estimate of drug-likeness (QED) is 0.852. The Balaban J connectivity index is 2.18. The average Bonchev–Trinajstić information content (AvgIpc) is 2.48. The van der Waals surface area contributed by atoms with Gasteiger partial charge in [0, 0.05) is 39.4 Å². The van der Waals surface area contributed by atoms with Gasteiger partial charge in [-0.2, -0.15) is 0 Å². The molecule has 0 saturated carbocycles. The Morgan fingerprint density at radius 1 is 1.42 bits per heavy atom. The molecule has 2 atom stereocenters. The van der Waals surface area contributed by atoms with Gasteiger partial charge in [-0.15, -0.1) is 0 Å². The van der Waals surface area contributed by atoms with Gasteiger partial charge < -0.3 is 10.6 Å². The van der Waals surface area contributed by atoms with Gasteiger partial charge in [-0.05, 0) is 18.1 Å². The molecule has 0 bridgehead atoms. The van der Waals surface area contributed by atoms with E-state index in [1.165, 1.54) is 0 Å². The van der Waals surface area contributed by atoms with Crippen LogP contribution in [0.2, 0.25) is 0 Å². The Kier molecular flexibility index (Phi) is 4.50. The fourth-order valence-corrected chi connectivity index (χ4v) is 2.68. The molecule has 1 saturated heterocycles. The first-order valence-electron chi connectivity index (χ1n) is 6.70. The van der Waals surface area contributed by atoms with E-state index in [0.717, 1.165) is 18.8 Å². The van der Waals surface area contributed by atoms with Gasteiger partial charge in [0.15, 0.2) is 0 Å². The molecule has 1 aliphatic heterocycles. The molecule has 0 aromatic carbocycles. The molecule has 0 radical (unpaired) electrons. The molecule has 5 nitrogen and oxygen atoms in total. The highest BCUT2D eigenvalue weighted by Crippen LogP contribution is 2.16. The van der Waals surface area contributed by atoms with E-state index >= 15 is 0 Å². The molecular formula is C14H22N4O. The number of pyridine rings is 1. The van der Waals surface area contributed by atoms with Crippen molar-refractivity contribution >= 4 is 5.91 Å². The molecule has 0 spiro atoms. The fourth-order valence-electron chi connectivity index (χ4n) is 2.68. The molecule has 0 aliphatic carbocycles. The van der Waals surface area contributed by atoms with E-state index in [9.17, 15) is 4.79 Å². The highest BCUT2D eigenvalue weighted by atomic mass is 16.2. The van der Waals surface area contributed by atoms with E-state index in [1.807, 2.05) is 25.2 Å². The summed E-state index contributed by atoms with van der Waals surface area (Å²) in [5.74, 6) is 0.553. The Bertz CT molecular complexity index is 423. The monoisotopic (exact) mass is 262 g/mol. The van der Waals surface area contributed by atoms with E-state index in [2.05, 4.69) is 16.8 Å². The van der Waals surface area contributed by atoms with Crippen molar-refractivity contribution in [1.29, 1.82) is 0 Å². The second-order valence-electron chi connectivity index (χ2n) is 5.33. The zero-order valence-corrected chi connectivity index (χ0v) is 11.6. The highest BCUT2D eigenvalue weighted by molar-refractivity contribution is 5.82. The van der Waals surface area contributed by atoms with Crippen molar-refractivity contribution in [1.82, 2.24) is 14.8 Å². The number of carbonyl (C=O) groups excluding carboxylic acids is 1. The Morgan fingerprint density at radius 2 is 2.21 bits per heavy atom. The lowest BCUT2D eigenvalue weighted by Crippen LogP contribution is -2.48. The Morgan fingerprint density at radius 3 is 2.84 bits per heavy atom. The molecule has 1 amide bonds. The van der Waals surface area contributed by atoms with E-state index < -0.39 is 0 Å². The van der Waals surface area contributed by atoms with Crippen molar-refractivity contribution < 1.29 is 4.79 Å². The lowest BCUT2D eigenvalue weighted by Gasteiger charge is -2.28. The van der Waals surface area contributed by atoms with E-state index in [1.54, 1.807) is 11.1 Å². The summed E-state index contributed by atoms with van der Waals surface area (Å²) < 4.78 is 0. The molecule has 2 N–H and O–H groups in total. The van der Waals surface area contributed by atoms with Crippen LogP contribution >= 0.6 is 0 Å². The Labute approximate surface area is 114 Å². The summed E-state index contributed by atoms with van der Waals surface area (Å²) in [5, 5.41) is 0. The number of aromatic nitrogens is 1. The zero-order valence-electron chi connectivity index (χ0n) is 11.6. The first-order chi connectivity index (χ1) is 9.11. The van der Waals surface area contributed by atoms with Crippen LogP contribution in [0.15, 0.2) is 24.4 Å². The number of likely N-dealkylation sites (N-methyl/N-ethyl adjacent to an activating group) is 1. The maximum Gasteiger partial charge on any atom is 0.241 e. The lowest BCUT2D eigenvalue weighted by molar-refractivity contribution is -0.134. The van der Waals surface area contributed by atoms with Gasteiger partial charge in [-0.1, -0.05) is 13.0 Å². The van der Waals surface area contributed by atoms with Gasteiger partial charge in [0.25, 0.3) is 0 Å². The minimum atomic E-state index is -0.239. The molecule has 5 heteroatoms. The number of rotatable bonds is 3. The summed E-state index contributed by atoms with van der Waals surface area (Å²) in [7, 11) is 1.85. The standard InChI is InChI=1S/C14H22N4O/c1-11-8-17(2)14(19)13(7-15)18(9-11)10-12-5-3-4-6-16-12/h3-6,11,13H,7-10,15H2,1-2H3. The van der Waals surface area contributed by atoms with Crippen LogP contribution in [0, 0.1) is 5.92 Å². The summed E-state index contributed by atoms with van der Waals surface area (Å²) in [5.41, 5.74) is 6.78. The second-order valence-corrected chi connectivity index (χ2v) is 5.33. The van der Waals surface area contributed by atoms with Crippen LogP contribution in [0.4, 0.5) is 0 Å². The van der Waals surface area contributed by atoms with Crippen LogP contribution in [0.1, 0.15) is 12.6 Å². The molecule has 2 heterocycles. The average molecular weight is 262 g/mol. The minimum Gasteiger partial charge on any atom is -0.344 e. The van der Waals surface area contributed by atoms with E-state index in [-0.39, 0.29) is 11.9 Å². The predicted molar refractivity (Wildman–Crippen MR) is 74.3 cm³/mol. The molecule has 2 unspecified atom stereocenters. The first-order valence-corrected chi connectivity index (χ1v) is 6.70. The van der Waals surface area contributed by atoms with Crippen molar-refractivity contribution in [3.8, 4) is 0 Å². The highest BCUT2D eigenvalue weighted by Gasteiger charge is 2.32. The largest absolute Gasteiger partial charge is 0.344 e. The van der Waals surface area contributed by atoms with Crippen molar-refractivity contribution in [3.05, 3.63) is 30.1 Å². The first kappa shape index (κ1) is 14.0. The minimum absolute atomic E-state index is 0.114. The third-order valence-corrected chi connectivity index (χ3v) is 3.55. The predicted octanol–water partition coefficient (Wildman–Crippen LogP) is 0.319. The topological polar surface area (TPSA) is 62.5 Å². The van der Waals surface area contributed by atoms with Crippen molar-refractivity contribution in [2.45, 2.75) is 19.5 Å². The number of nitrogens with zero attached hydrogens (tertiary/aromatic N) is 3. The van der Waals surface area contributed by atoms with Gasteiger partial charge in [-0.3, -0.25) is 14.7 Å². The van der Waals surface area contributed by atoms with E-state index in [4.69, 9.17) is 5.73 Å². The summed E-state index contributed by atoms with van der Waals surface area (Å²) in [6, 6.07) is 5.61. The van der Waals surface area contributed by atoms with E-state index in [0.29, 0.717) is 19.0 Å². The van der Waals surface area contributed by atoms with Gasteiger partial charge in [0.05, 0.1) is 5.69 Å². The smallest absolute Gasteiger partial charge is 0.241 e. The number of carbonyl (C=O) groups is 1. The third-order valence-electron chi connectivity index (χ3n) is 3.55. The summed E-state index contributed by atoms with van der Waals surface area (Å²) in [4.78, 5) is 20.6. The maximum absolute atomic E-state index is 12.3.